The standard InChI is InChI=1S/C21H21N5O/c1-15-7-5-11-25-17(14-22-21(15)25)13-20(27)24-16(2)18-8-3-4-9-19(18)26-12-6-10-23-26/h3-12,14,16H,13H2,1-2H3,(H,24,27). The Kier molecular flexibility index (Phi) is 4.46. The van der Waals surface area contributed by atoms with E-state index >= 15 is 0 Å². The minimum Gasteiger partial charge on any atom is -0.349 e. The third-order valence-corrected chi connectivity index (χ3v) is 4.68. The van der Waals surface area contributed by atoms with E-state index in [-0.39, 0.29) is 18.4 Å². The SMILES string of the molecule is Cc1cccn2c(CC(=O)NC(C)c3ccccc3-n3cccn3)cnc12. The maximum atomic E-state index is 12.6. The molecule has 1 atom stereocenters. The molecule has 4 aromatic rings. The van der Waals surface area contributed by atoms with Crippen molar-refractivity contribution in [2.24, 2.45) is 0 Å². The molecule has 0 aliphatic carbocycles. The topological polar surface area (TPSA) is 64.2 Å². The molecule has 27 heavy (non-hydrogen) atoms. The molecule has 6 heteroatoms. The maximum absolute atomic E-state index is 12.6. The first-order chi connectivity index (χ1) is 13.1. The predicted octanol–water partition coefficient (Wildman–Crippen LogP) is 3.25. The fraction of sp³-hybridized carbons (Fsp3) is 0.190. The Labute approximate surface area is 157 Å². The first kappa shape index (κ1) is 17.0. The first-order valence-corrected chi connectivity index (χ1v) is 8.93. The second kappa shape index (κ2) is 7.07. The van der Waals surface area contributed by atoms with Gasteiger partial charge in [-0.1, -0.05) is 24.3 Å². The molecular formula is C21H21N5O. The van der Waals surface area contributed by atoms with E-state index in [1.54, 1.807) is 12.4 Å². The zero-order valence-electron chi connectivity index (χ0n) is 15.3. The van der Waals surface area contributed by atoms with E-state index in [1.807, 2.05) is 77.8 Å². The molecule has 1 unspecified atom stereocenters. The number of amides is 1. The van der Waals surface area contributed by atoms with Gasteiger partial charge < -0.3 is 9.72 Å². The highest BCUT2D eigenvalue weighted by Gasteiger charge is 2.16. The van der Waals surface area contributed by atoms with E-state index in [9.17, 15) is 4.79 Å². The average molecular weight is 359 g/mol. The van der Waals surface area contributed by atoms with Gasteiger partial charge in [0.05, 0.1) is 23.8 Å². The monoisotopic (exact) mass is 359 g/mol. The number of hydrogen-bond donors (Lipinski definition) is 1. The van der Waals surface area contributed by atoms with E-state index in [1.165, 1.54) is 0 Å². The number of aryl methyl sites for hydroxylation is 1. The summed E-state index contributed by atoms with van der Waals surface area (Å²) in [7, 11) is 0. The number of hydrogen-bond acceptors (Lipinski definition) is 3. The quantitative estimate of drug-likeness (QED) is 0.595. The van der Waals surface area contributed by atoms with Crippen molar-refractivity contribution in [3.05, 3.63) is 84.1 Å². The fourth-order valence-corrected chi connectivity index (χ4v) is 3.34. The van der Waals surface area contributed by atoms with Gasteiger partial charge in [0.15, 0.2) is 0 Å². The summed E-state index contributed by atoms with van der Waals surface area (Å²) >= 11 is 0. The third-order valence-electron chi connectivity index (χ3n) is 4.68. The largest absolute Gasteiger partial charge is 0.349 e. The van der Waals surface area contributed by atoms with Crippen molar-refractivity contribution in [1.82, 2.24) is 24.5 Å². The zero-order valence-corrected chi connectivity index (χ0v) is 15.3. The third kappa shape index (κ3) is 3.33. The Hall–Kier alpha value is -3.41. The Morgan fingerprint density at radius 2 is 2.00 bits per heavy atom. The lowest BCUT2D eigenvalue weighted by Crippen LogP contribution is -2.29. The van der Waals surface area contributed by atoms with Crippen LogP contribution in [0.3, 0.4) is 0 Å². The Bertz CT molecular complexity index is 1080. The number of benzene rings is 1. The van der Waals surface area contributed by atoms with Crippen LogP contribution in [-0.4, -0.2) is 25.1 Å². The van der Waals surface area contributed by atoms with Crippen LogP contribution in [0.25, 0.3) is 11.3 Å². The average Bonchev–Trinajstić information content (AvgIpc) is 3.33. The number of carbonyl (C=O) groups excluding carboxylic acids is 1. The van der Waals surface area contributed by atoms with Crippen molar-refractivity contribution in [3.8, 4) is 5.69 Å². The molecule has 4 rings (SSSR count). The molecule has 136 valence electrons. The summed E-state index contributed by atoms with van der Waals surface area (Å²) in [6.07, 6.45) is 7.62. The number of nitrogens with zero attached hydrogens (tertiary/aromatic N) is 4. The molecule has 3 heterocycles. The van der Waals surface area contributed by atoms with Crippen LogP contribution in [-0.2, 0) is 11.2 Å². The molecule has 0 radical (unpaired) electrons. The lowest BCUT2D eigenvalue weighted by Gasteiger charge is -2.18. The fourth-order valence-electron chi connectivity index (χ4n) is 3.34. The lowest BCUT2D eigenvalue weighted by molar-refractivity contribution is -0.121. The maximum Gasteiger partial charge on any atom is 0.226 e. The molecule has 0 saturated heterocycles. The molecule has 0 aliphatic rings. The van der Waals surface area contributed by atoms with Crippen LogP contribution in [0.15, 0.2) is 67.3 Å². The molecule has 0 bridgehead atoms. The van der Waals surface area contributed by atoms with Gasteiger partial charge in [-0.2, -0.15) is 5.10 Å². The molecule has 6 nitrogen and oxygen atoms in total. The number of nitrogens with one attached hydrogen (secondary N) is 1. The number of para-hydroxylation sites is 1. The lowest BCUT2D eigenvalue weighted by atomic mass is 10.1. The number of aromatic nitrogens is 4. The molecule has 0 saturated carbocycles. The summed E-state index contributed by atoms with van der Waals surface area (Å²) in [5, 5.41) is 7.40. The molecule has 1 N–H and O–H groups in total. The van der Waals surface area contributed by atoms with Gasteiger partial charge in [-0.15, -0.1) is 0 Å². The van der Waals surface area contributed by atoms with Crippen LogP contribution < -0.4 is 5.32 Å². The Morgan fingerprint density at radius 1 is 1.15 bits per heavy atom. The molecule has 0 aliphatic heterocycles. The summed E-state index contributed by atoms with van der Waals surface area (Å²) in [5.74, 6) is -0.0407. The van der Waals surface area contributed by atoms with Crippen LogP contribution in [0.5, 0.6) is 0 Å². The van der Waals surface area contributed by atoms with Gasteiger partial charge >= 0.3 is 0 Å². The number of imidazole rings is 1. The van der Waals surface area contributed by atoms with Crippen molar-refractivity contribution in [3.63, 3.8) is 0 Å². The molecule has 1 aromatic carbocycles. The summed E-state index contributed by atoms with van der Waals surface area (Å²) in [4.78, 5) is 17.1. The van der Waals surface area contributed by atoms with E-state index in [0.717, 1.165) is 28.2 Å². The summed E-state index contributed by atoms with van der Waals surface area (Å²) in [5.41, 5.74) is 4.83. The highest BCUT2D eigenvalue weighted by atomic mass is 16.1. The Morgan fingerprint density at radius 3 is 2.81 bits per heavy atom. The van der Waals surface area contributed by atoms with E-state index in [4.69, 9.17) is 0 Å². The number of rotatable bonds is 5. The van der Waals surface area contributed by atoms with Gasteiger partial charge in [0.1, 0.15) is 5.65 Å². The molecular weight excluding hydrogens is 338 g/mol. The normalized spacial score (nSPS) is 12.2. The number of carbonyl (C=O) groups is 1. The Balaban J connectivity index is 1.53. The van der Waals surface area contributed by atoms with Crippen LogP contribution in [0.4, 0.5) is 0 Å². The van der Waals surface area contributed by atoms with Gasteiger partial charge in [0.25, 0.3) is 0 Å². The van der Waals surface area contributed by atoms with Crippen LogP contribution in [0, 0.1) is 6.92 Å². The zero-order chi connectivity index (χ0) is 18.8. The minimum atomic E-state index is -0.140. The van der Waals surface area contributed by atoms with Crippen LogP contribution in [0.2, 0.25) is 0 Å². The number of pyridine rings is 1. The molecule has 0 spiro atoms. The van der Waals surface area contributed by atoms with Crippen molar-refractivity contribution >= 4 is 11.6 Å². The van der Waals surface area contributed by atoms with Gasteiger partial charge in [-0.3, -0.25) is 4.79 Å². The van der Waals surface area contributed by atoms with E-state index in [0.29, 0.717) is 0 Å². The van der Waals surface area contributed by atoms with Gasteiger partial charge in [-0.05, 0) is 43.2 Å². The number of fused-ring (bicyclic) bond motifs is 1. The highest BCUT2D eigenvalue weighted by Crippen LogP contribution is 2.21. The predicted molar refractivity (Wildman–Crippen MR) is 104 cm³/mol. The van der Waals surface area contributed by atoms with Gasteiger partial charge in [0.2, 0.25) is 5.91 Å². The smallest absolute Gasteiger partial charge is 0.226 e. The summed E-state index contributed by atoms with van der Waals surface area (Å²) < 4.78 is 3.78. The second-order valence-electron chi connectivity index (χ2n) is 6.61. The minimum absolute atomic E-state index is 0.0407. The highest BCUT2D eigenvalue weighted by molar-refractivity contribution is 5.79. The van der Waals surface area contributed by atoms with E-state index in [2.05, 4.69) is 15.4 Å². The van der Waals surface area contributed by atoms with Crippen molar-refractivity contribution in [1.29, 1.82) is 0 Å². The van der Waals surface area contributed by atoms with Crippen LogP contribution >= 0.6 is 0 Å². The van der Waals surface area contributed by atoms with Crippen molar-refractivity contribution in [2.45, 2.75) is 26.3 Å². The molecule has 3 aromatic heterocycles. The second-order valence-corrected chi connectivity index (χ2v) is 6.61. The van der Waals surface area contributed by atoms with Gasteiger partial charge in [0, 0.05) is 24.8 Å². The molecule has 0 fully saturated rings. The van der Waals surface area contributed by atoms with Crippen molar-refractivity contribution < 1.29 is 4.79 Å². The van der Waals surface area contributed by atoms with Crippen LogP contribution in [0.1, 0.15) is 29.8 Å². The molecule has 1 amide bonds. The first-order valence-electron chi connectivity index (χ1n) is 8.93. The van der Waals surface area contributed by atoms with Crippen molar-refractivity contribution in [2.75, 3.05) is 0 Å². The summed E-state index contributed by atoms with van der Waals surface area (Å²) in [6, 6.07) is 13.7. The van der Waals surface area contributed by atoms with E-state index < -0.39 is 0 Å². The van der Waals surface area contributed by atoms with Gasteiger partial charge in [-0.25, -0.2) is 9.67 Å². The summed E-state index contributed by atoms with van der Waals surface area (Å²) in [6.45, 7) is 4.00.